The summed E-state index contributed by atoms with van der Waals surface area (Å²) in [6, 6.07) is -0.570. The van der Waals surface area contributed by atoms with Crippen LogP contribution in [0, 0.1) is 5.41 Å². The quantitative estimate of drug-likeness (QED) is 0.821. The van der Waals surface area contributed by atoms with Gasteiger partial charge < -0.3 is 10.2 Å². The number of likely N-dealkylation sites (N-methyl/N-ethyl adjacent to an activating group) is 1. The van der Waals surface area contributed by atoms with Gasteiger partial charge in [-0.15, -0.1) is 0 Å². The predicted molar refractivity (Wildman–Crippen MR) is 69.9 cm³/mol. The third-order valence-electron chi connectivity index (χ3n) is 2.63. The summed E-state index contributed by atoms with van der Waals surface area (Å²) in [4.78, 5) is 29.3. The predicted octanol–water partition coefficient (Wildman–Crippen LogP) is 0.314. The van der Waals surface area contributed by atoms with Crippen molar-refractivity contribution in [2.24, 2.45) is 5.41 Å². The molecule has 1 rings (SSSR count). The first-order valence-corrected chi connectivity index (χ1v) is 6.12. The molecule has 2 amide bonds. The van der Waals surface area contributed by atoms with Crippen LogP contribution in [0.2, 0.25) is 0 Å². The second kappa shape index (κ2) is 5.81. The molecule has 0 fully saturated rings. The number of H-pyrrole nitrogens is 1. The zero-order chi connectivity index (χ0) is 14.6. The minimum atomic E-state index is -0.570. The summed E-state index contributed by atoms with van der Waals surface area (Å²) in [5.41, 5.74) is -0.516. The van der Waals surface area contributed by atoms with E-state index >= 15 is 0 Å². The number of carbonyl (C=O) groups excluding carboxylic acids is 2. The average molecular weight is 267 g/mol. The number of hydrogen-bond acceptors (Lipinski definition) is 4. The summed E-state index contributed by atoms with van der Waals surface area (Å²) >= 11 is 0. The summed E-state index contributed by atoms with van der Waals surface area (Å²) in [5, 5.41) is 9.10. The fourth-order valence-electron chi connectivity index (χ4n) is 1.42. The summed E-state index contributed by atoms with van der Waals surface area (Å²) in [6.45, 7) is 7.41. The fourth-order valence-corrected chi connectivity index (χ4v) is 1.42. The topological polar surface area (TPSA) is 91.0 Å². The van der Waals surface area contributed by atoms with Gasteiger partial charge in [0.15, 0.2) is 0 Å². The minimum Gasteiger partial charge on any atom is -0.344 e. The molecule has 0 radical (unpaired) electrons. The number of amides is 2. The lowest BCUT2D eigenvalue weighted by atomic mass is 9.95. The van der Waals surface area contributed by atoms with E-state index in [0.717, 1.165) is 0 Å². The largest absolute Gasteiger partial charge is 0.344 e. The maximum Gasteiger partial charge on any atom is 0.245 e. The van der Waals surface area contributed by atoms with Crippen molar-refractivity contribution in [3.8, 4) is 0 Å². The lowest BCUT2D eigenvalue weighted by Gasteiger charge is -2.24. The van der Waals surface area contributed by atoms with Gasteiger partial charge in [0.1, 0.15) is 18.2 Å². The molecule has 0 aliphatic carbocycles. The third kappa shape index (κ3) is 4.35. The zero-order valence-corrected chi connectivity index (χ0v) is 12.0. The van der Waals surface area contributed by atoms with Crippen molar-refractivity contribution in [2.45, 2.75) is 40.3 Å². The van der Waals surface area contributed by atoms with Crippen LogP contribution in [0.1, 0.15) is 33.5 Å². The van der Waals surface area contributed by atoms with Crippen LogP contribution in [-0.2, 0) is 16.1 Å². The first-order chi connectivity index (χ1) is 8.71. The number of aromatic nitrogens is 3. The smallest absolute Gasteiger partial charge is 0.245 e. The second-order valence-electron chi connectivity index (χ2n) is 5.57. The first-order valence-electron chi connectivity index (χ1n) is 6.12. The lowest BCUT2D eigenvalue weighted by molar-refractivity contribution is -0.137. The van der Waals surface area contributed by atoms with E-state index in [-0.39, 0.29) is 11.8 Å². The maximum absolute atomic E-state index is 12.1. The number of nitrogens with one attached hydrogen (secondary N) is 2. The normalized spacial score (nSPS) is 12.9. The summed E-state index contributed by atoms with van der Waals surface area (Å²) in [5.74, 6) is 0.278. The third-order valence-corrected chi connectivity index (χ3v) is 2.63. The number of aromatic amines is 1. The number of carbonyl (C=O) groups is 2. The molecule has 0 aromatic carbocycles. The van der Waals surface area contributed by atoms with Crippen LogP contribution in [0.25, 0.3) is 0 Å². The van der Waals surface area contributed by atoms with Gasteiger partial charge in [0, 0.05) is 12.5 Å². The van der Waals surface area contributed by atoms with Gasteiger partial charge in [-0.3, -0.25) is 14.7 Å². The van der Waals surface area contributed by atoms with E-state index in [1.165, 1.54) is 11.2 Å². The molecule has 1 atom stereocenters. The Hall–Kier alpha value is -1.92. The highest BCUT2D eigenvalue weighted by atomic mass is 16.2. The molecule has 0 aliphatic heterocycles. The molecule has 1 aromatic heterocycles. The van der Waals surface area contributed by atoms with Crippen LogP contribution in [0.3, 0.4) is 0 Å². The van der Waals surface area contributed by atoms with Gasteiger partial charge in [-0.1, -0.05) is 20.8 Å². The summed E-state index contributed by atoms with van der Waals surface area (Å²) in [7, 11) is 1.66. The Labute approximate surface area is 112 Å². The Morgan fingerprint density at radius 1 is 1.47 bits per heavy atom. The van der Waals surface area contributed by atoms with Crippen molar-refractivity contribution < 1.29 is 9.59 Å². The van der Waals surface area contributed by atoms with E-state index < -0.39 is 11.5 Å². The van der Waals surface area contributed by atoms with Gasteiger partial charge in [0.25, 0.3) is 0 Å². The molecule has 0 saturated carbocycles. The Balaban J connectivity index is 2.54. The molecular weight excluding hydrogens is 246 g/mol. The van der Waals surface area contributed by atoms with Crippen molar-refractivity contribution in [3.63, 3.8) is 0 Å². The molecule has 0 saturated heterocycles. The zero-order valence-electron chi connectivity index (χ0n) is 12.0. The molecule has 0 bridgehead atoms. The van der Waals surface area contributed by atoms with Gasteiger partial charge in [-0.05, 0) is 6.92 Å². The molecule has 0 spiro atoms. The van der Waals surface area contributed by atoms with Crippen molar-refractivity contribution in [3.05, 3.63) is 12.2 Å². The van der Waals surface area contributed by atoms with Crippen LogP contribution in [-0.4, -0.2) is 45.0 Å². The van der Waals surface area contributed by atoms with Gasteiger partial charge in [-0.2, -0.15) is 5.10 Å². The lowest BCUT2D eigenvalue weighted by Crippen LogP contribution is -2.48. The molecule has 1 unspecified atom stereocenters. The fraction of sp³-hybridized carbons (Fsp3) is 0.667. The van der Waals surface area contributed by atoms with Crippen molar-refractivity contribution in [1.82, 2.24) is 25.4 Å². The highest BCUT2D eigenvalue weighted by Crippen LogP contribution is 2.13. The summed E-state index contributed by atoms with van der Waals surface area (Å²) < 4.78 is 0. The first kappa shape index (κ1) is 15.1. The van der Waals surface area contributed by atoms with E-state index in [2.05, 4.69) is 20.5 Å². The molecule has 7 heteroatoms. The second-order valence-corrected chi connectivity index (χ2v) is 5.57. The monoisotopic (exact) mass is 267 g/mol. The van der Waals surface area contributed by atoms with Crippen molar-refractivity contribution in [1.29, 1.82) is 0 Å². The SMILES string of the molecule is CC(NC(=O)C(C)(C)C)C(=O)N(C)Cc1ncn[nH]1. The average Bonchev–Trinajstić information content (AvgIpc) is 2.79. The highest BCUT2D eigenvalue weighted by Gasteiger charge is 2.26. The van der Waals surface area contributed by atoms with Crippen LogP contribution < -0.4 is 5.32 Å². The highest BCUT2D eigenvalue weighted by molar-refractivity contribution is 5.89. The Morgan fingerprint density at radius 2 is 2.11 bits per heavy atom. The van der Waals surface area contributed by atoms with Crippen LogP contribution >= 0.6 is 0 Å². The molecule has 2 N–H and O–H groups in total. The molecule has 106 valence electrons. The molecule has 1 aromatic rings. The molecule has 1 heterocycles. The van der Waals surface area contributed by atoms with Gasteiger partial charge in [-0.25, -0.2) is 4.98 Å². The van der Waals surface area contributed by atoms with Crippen LogP contribution in [0.4, 0.5) is 0 Å². The van der Waals surface area contributed by atoms with Gasteiger partial charge in [0.2, 0.25) is 11.8 Å². The van der Waals surface area contributed by atoms with Gasteiger partial charge >= 0.3 is 0 Å². The van der Waals surface area contributed by atoms with E-state index in [1.807, 2.05) is 0 Å². The number of rotatable bonds is 4. The van der Waals surface area contributed by atoms with Crippen LogP contribution in [0.5, 0.6) is 0 Å². The maximum atomic E-state index is 12.1. The van der Waals surface area contributed by atoms with Crippen LogP contribution in [0.15, 0.2) is 6.33 Å². The number of hydrogen-bond donors (Lipinski definition) is 2. The van der Waals surface area contributed by atoms with Crippen molar-refractivity contribution in [2.75, 3.05) is 7.05 Å². The van der Waals surface area contributed by atoms with E-state index in [4.69, 9.17) is 0 Å². The Bertz CT molecular complexity index is 435. The Kier molecular flexibility index (Phi) is 4.63. The van der Waals surface area contributed by atoms with E-state index in [0.29, 0.717) is 12.4 Å². The molecular formula is C12H21N5O2. The standard InChI is InChI=1S/C12H21N5O2/c1-8(15-11(19)12(2,3)4)10(18)17(5)6-9-13-7-14-16-9/h7-8H,6H2,1-5H3,(H,15,19)(H,13,14,16). The van der Waals surface area contributed by atoms with Crippen molar-refractivity contribution >= 4 is 11.8 Å². The molecule has 0 aliphatic rings. The van der Waals surface area contributed by atoms with E-state index in [9.17, 15) is 9.59 Å². The number of nitrogens with zero attached hydrogens (tertiary/aromatic N) is 3. The Morgan fingerprint density at radius 3 is 2.58 bits per heavy atom. The molecule has 19 heavy (non-hydrogen) atoms. The minimum absolute atomic E-state index is 0.151. The van der Waals surface area contributed by atoms with E-state index in [1.54, 1.807) is 34.7 Å². The summed E-state index contributed by atoms with van der Waals surface area (Å²) in [6.07, 6.45) is 1.39. The molecule has 7 nitrogen and oxygen atoms in total. The van der Waals surface area contributed by atoms with Gasteiger partial charge in [0.05, 0.1) is 6.54 Å².